The molecule has 4 heterocycles. The molecule has 0 aliphatic carbocycles. The van der Waals surface area contributed by atoms with Gasteiger partial charge in [-0.05, 0) is 71.7 Å². The van der Waals surface area contributed by atoms with Crippen LogP contribution in [0.25, 0.3) is 10.4 Å². The lowest BCUT2D eigenvalue weighted by atomic mass is 9.85. The van der Waals surface area contributed by atoms with Gasteiger partial charge >= 0.3 is 5.69 Å². The molecule has 2 aliphatic heterocycles. The molecule has 3 N–H and O–H groups in total. The number of nitrogens with one attached hydrogen (secondary N) is 2. The van der Waals surface area contributed by atoms with Gasteiger partial charge in [0.25, 0.3) is 5.91 Å². The van der Waals surface area contributed by atoms with Crippen molar-refractivity contribution in [2.75, 3.05) is 39.3 Å². The lowest BCUT2D eigenvalue weighted by Gasteiger charge is -2.39. The number of β-amino-alcohol motifs (C(OH)–C–C–N with tert-alkyl or cyclic N) is 1. The number of piperazine rings is 1. The number of rotatable bonds is 24. The molecule has 2 aromatic heterocycles. The fraction of sp³-hybridized carbons (Fsp3) is 0.500. The first kappa shape index (κ1) is 56.5. The number of ether oxygens (including phenoxy) is 1. The third-order valence-corrected chi connectivity index (χ3v) is 15.3. The van der Waals surface area contributed by atoms with Crippen LogP contribution in [-0.4, -0.2) is 116 Å². The first-order chi connectivity index (χ1) is 36.0. The van der Waals surface area contributed by atoms with Crippen molar-refractivity contribution < 1.29 is 38.5 Å². The Balaban J connectivity index is 0.766. The normalized spacial score (nSPS) is 16.9. The number of nitro groups is 1. The van der Waals surface area contributed by atoms with Crippen LogP contribution in [0.1, 0.15) is 136 Å². The van der Waals surface area contributed by atoms with Crippen LogP contribution in [0.3, 0.4) is 0 Å². The maximum absolute atomic E-state index is 14.0. The van der Waals surface area contributed by atoms with Crippen molar-refractivity contribution in [1.82, 2.24) is 35.5 Å². The van der Waals surface area contributed by atoms with Crippen molar-refractivity contribution in [3.63, 3.8) is 0 Å². The quantitative estimate of drug-likeness (QED) is 0.0299. The van der Waals surface area contributed by atoms with Gasteiger partial charge in [0.15, 0.2) is 0 Å². The van der Waals surface area contributed by atoms with E-state index in [1.807, 2.05) is 93.9 Å². The topological polar surface area (TPSA) is 214 Å². The van der Waals surface area contributed by atoms with Crippen molar-refractivity contribution in [2.45, 2.75) is 136 Å². The van der Waals surface area contributed by atoms with Gasteiger partial charge in [0.1, 0.15) is 17.8 Å². The van der Waals surface area contributed by atoms with E-state index in [0.717, 1.165) is 96.4 Å². The molecule has 4 amide bonds. The summed E-state index contributed by atoms with van der Waals surface area (Å²) in [5, 5.41) is 32.5. The van der Waals surface area contributed by atoms with Gasteiger partial charge in [-0.2, -0.15) is 0 Å². The summed E-state index contributed by atoms with van der Waals surface area (Å²) in [7, 11) is 0. The highest BCUT2D eigenvalue weighted by atomic mass is 35.5. The van der Waals surface area contributed by atoms with Gasteiger partial charge in [0.05, 0.1) is 39.8 Å². The lowest BCUT2D eigenvalue weighted by molar-refractivity contribution is -0.386. The molecule has 5 aromatic rings. The largest absolute Gasteiger partial charge is 0.494 e. The molecule has 2 saturated heterocycles. The zero-order chi connectivity index (χ0) is 53.6. The molecule has 0 spiro atoms. The first-order valence-corrected chi connectivity index (χ1v) is 27.4. The van der Waals surface area contributed by atoms with Crippen molar-refractivity contribution >= 4 is 52.3 Å². The van der Waals surface area contributed by atoms with Crippen LogP contribution < -0.4 is 15.4 Å². The Morgan fingerprint density at radius 1 is 0.880 bits per heavy atom. The summed E-state index contributed by atoms with van der Waals surface area (Å²) in [5.41, 5.74) is 5.59. The highest BCUT2D eigenvalue weighted by Gasteiger charge is 2.44. The predicted molar refractivity (Wildman–Crippen MR) is 288 cm³/mol. The SMILES string of the molecule is Cc1ncsc1-c1ccc(CNC(=O)[C@@H]2C[C@@H](O)CN2C(=O)[C@@H](NC(=O)CCCCCCCCCCCOc2ccc(C(c3ccc(Cl)cc3)N3CCN(C(=O)c4noc(C)c4[N+](=O)[O-])CC3)cc2)C(C)(C)C)cc1. The first-order valence-electron chi connectivity index (χ1n) is 26.2. The second-order valence-corrected chi connectivity index (χ2v) is 22.1. The zero-order valence-electron chi connectivity index (χ0n) is 43.7. The highest BCUT2D eigenvalue weighted by Crippen LogP contribution is 2.34. The third-order valence-electron chi connectivity index (χ3n) is 14.1. The minimum atomic E-state index is -0.853. The Morgan fingerprint density at radius 2 is 1.49 bits per heavy atom. The number of thiazole rings is 1. The standard InChI is InChI=1S/C56H71ClN8O9S/c1-37-51(75-36-59-37)42-18-16-39(17-19-42)34-58-53(68)46-33-44(66)35-64(46)55(70)52(56(3,4)5)60-47(67)15-13-11-9-7-6-8-10-12-14-32-73-45-26-22-41(23-27-45)50(40-20-24-43(57)25-21-40)62-28-30-63(31-29-62)54(69)48-49(65(71)72)38(2)74-61-48/h16-27,36,44,46,50,52,66H,6-15,28-35H2,1-5H3,(H,58,68)(H,60,67)/t44-,46+,50?,52-/m1/s1. The molecule has 7 rings (SSSR count). The molecule has 0 saturated carbocycles. The van der Waals surface area contributed by atoms with E-state index in [1.165, 1.54) is 11.8 Å². The number of carbonyl (C=O) groups is 4. The Hall–Kier alpha value is -6.21. The van der Waals surface area contributed by atoms with Gasteiger partial charge in [-0.1, -0.05) is 131 Å². The average Bonchev–Trinajstić information content (AvgIpc) is 4.13. The van der Waals surface area contributed by atoms with Gasteiger partial charge in [0, 0.05) is 64.1 Å². The zero-order valence-corrected chi connectivity index (χ0v) is 45.3. The molecule has 0 bridgehead atoms. The van der Waals surface area contributed by atoms with Crippen molar-refractivity contribution in [3.05, 3.63) is 127 Å². The van der Waals surface area contributed by atoms with Gasteiger partial charge < -0.3 is 34.8 Å². The summed E-state index contributed by atoms with van der Waals surface area (Å²) in [6.45, 7) is 11.8. The second-order valence-electron chi connectivity index (χ2n) is 20.8. The minimum absolute atomic E-state index is 0.00143. The van der Waals surface area contributed by atoms with E-state index in [0.29, 0.717) is 44.2 Å². The van der Waals surface area contributed by atoms with E-state index in [9.17, 15) is 34.4 Å². The van der Waals surface area contributed by atoms with Crippen LogP contribution >= 0.6 is 22.9 Å². The molecule has 75 heavy (non-hydrogen) atoms. The summed E-state index contributed by atoms with van der Waals surface area (Å²) in [5.74, 6) is -0.619. The number of nitrogens with zero attached hydrogens (tertiary/aromatic N) is 6. The Labute approximate surface area is 448 Å². The number of amides is 4. The van der Waals surface area contributed by atoms with E-state index in [-0.39, 0.29) is 54.7 Å². The number of aliphatic hydroxyl groups is 1. The summed E-state index contributed by atoms with van der Waals surface area (Å²) >= 11 is 7.84. The van der Waals surface area contributed by atoms with Crippen LogP contribution in [0.15, 0.2) is 82.8 Å². The number of aliphatic hydroxyl groups excluding tert-OH is 1. The third kappa shape index (κ3) is 15.2. The molecule has 19 heteroatoms. The van der Waals surface area contributed by atoms with Crippen LogP contribution in [-0.2, 0) is 20.9 Å². The number of aromatic nitrogens is 2. The predicted octanol–water partition coefficient (Wildman–Crippen LogP) is 9.61. The Kier molecular flexibility index (Phi) is 20.0. The maximum atomic E-state index is 14.0. The smallest absolute Gasteiger partial charge is 0.344 e. The number of unbranched alkanes of at least 4 members (excludes halogenated alkanes) is 8. The Morgan fingerprint density at radius 3 is 2.09 bits per heavy atom. The molecule has 2 aliphatic rings. The molecule has 3 aromatic carbocycles. The van der Waals surface area contributed by atoms with Gasteiger partial charge in [-0.15, -0.1) is 11.3 Å². The number of hydrogen-bond acceptors (Lipinski definition) is 13. The number of benzene rings is 3. The molecule has 1 unspecified atom stereocenters. The van der Waals surface area contributed by atoms with Crippen LogP contribution in [0.4, 0.5) is 5.69 Å². The molecule has 17 nitrogen and oxygen atoms in total. The number of likely N-dealkylation sites (tertiary alicyclic amines) is 1. The van der Waals surface area contributed by atoms with Gasteiger partial charge in [-0.3, -0.25) is 34.2 Å². The average molecular weight is 1070 g/mol. The molecular formula is C56H71ClN8O9S. The Bertz CT molecular complexity index is 2700. The van der Waals surface area contributed by atoms with Gasteiger partial charge in [0.2, 0.25) is 29.2 Å². The molecule has 4 atom stereocenters. The highest BCUT2D eigenvalue weighted by molar-refractivity contribution is 7.13. The number of aryl methyl sites for hydroxylation is 2. The summed E-state index contributed by atoms with van der Waals surface area (Å²) in [6, 6.07) is 22.0. The summed E-state index contributed by atoms with van der Waals surface area (Å²) < 4.78 is 11.1. The number of hydrogen-bond donors (Lipinski definition) is 3. The number of halogens is 1. The molecule has 2 fully saturated rings. The van der Waals surface area contributed by atoms with Crippen LogP contribution in [0.2, 0.25) is 5.02 Å². The lowest BCUT2D eigenvalue weighted by Crippen LogP contribution is -2.57. The summed E-state index contributed by atoms with van der Waals surface area (Å²) in [6.07, 6.45) is 8.72. The van der Waals surface area contributed by atoms with E-state index < -0.39 is 40.1 Å². The number of carbonyl (C=O) groups excluding carboxylic acids is 4. The van der Waals surface area contributed by atoms with Crippen molar-refractivity contribution in [3.8, 4) is 16.2 Å². The summed E-state index contributed by atoms with van der Waals surface area (Å²) in [4.78, 5) is 75.7. The van der Waals surface area contributed by atoms with Crippen LogP contribution in [0, 0.1) is 29.4 Å². The van der Waals surface area contributed by atoms with Gasteiger partial charge in [-0.25, -0.2) is 4.98 Å². The van der Waals surface area contributed by atoms with Crippen LogP contribution in [0.5, 0.6) is 5.75 Å². The van der Waals surface area contributed by atoms with Crippen molar-refractivity contribution in [2.24, 2.45) is 5.41 Å². The monoisotopic (exact) mass is 1070 g/mol. The van der Waals surface area contributed by atoms with Crippen molar-refractivity contribution in [1.29, 1.82) is 0 Å². The van der Waals surface area contributed by atoms with E-state index in [2.05, 4.69) is 37.8 Å². The molecule has 0 radical (unpaired) electrons. The van der Waals surface area contributed by atoms with E-state index in [4.69, 9.17) is 20.9 Å². The fourth-order valence-electron chi connectivity index (χ4n) is 9.89. The molecular weight excluding hydrogens is 996 g/mol. The van der Waals surface area contributed by atoms with E-state index >= 15 is 0 Å². The van der Waals surface area contributed by atoms with E-state index in [1.54, 1.807) is 16.2 Å². The fourth-order valence-corrected chi connectivity index (χ4v) is 10.8. The second kappa shape index (κ2) is 26.5. The minimum Gasteiger partial charge on any atom is -0.494 e. The maximum Gasteiger partial charge on any atom is 0.344 e. The molecule has 402 valence electrons.